The maximum absolute atomic E-state index is 13.8. The van der Waals surface area contributed by atoms with E-state index in [-0.39, 0.29) is 11.8 Å². The number of H-pyrrole nitrogens is 1. The Morgan fingerprint density at radius 3 is 2.57 bits per heavy atom. The molecule has 2 aromatic rings. The summed E-state index contributed by atoms with van der Waals surface area (Å²) in [5, 5.41) is 17.9. The standard InChI is InChI=1S/C23H31N3O4/c1-15-10-18(25-24-15)11-16-13-26(14-19(16)27)22(28)23(8-4-5-9-23)17-6-7-20(29-2)21(12-17)30-3/h6-7,10,12,16,19,27H,4-5,8-9,11,13-14H2,1-3H3,(H,24,25)/t16-,19-/m1/s1. The Labute approximate surface area is 177 Å². The summed E-state index contributed by atoms with van der Waals surface area (Å²) in [6.45, 7) is 2.90. The summed E-state index contributed by atoms with van der Waals surface area (Å²) in [7, 11) is 3.23. The van der Waals surface area contributed by atoms with Gasteiger partial charge < -0.3 is 19.5 Å². The van der Waals surface area contributed by atoms with Crippen LogP contribution in [0.5, 0.6) is 11.5 Å². The Hall–Kier alpha value is -2.54. The number of carbonyl (C=O) groups is 1. The van der Waals surface area contributed by atoms with Gasteiger partial charge in [-0.2, -0.15) is 5.10 Å². The summed E-state index contributed by atoms with van der Waals surface area (Å²) in [5.41, 5.74) is 2.35. The monoisotopic (exact) mass is 413 g/mol. The smallest absolute Gasteiger partial charge is 0.233 e. The van der Waals surface area contributed by atoms with Crippen molar-refractivity contribution in [1.29, 1.82) is 0 Å². The second-order valence-electron chi connectivity index (χ2n) is 8.64. The van der Waals surface area contributed by atoms with Crippen molar-refractivity contribution in [2.75, 3.05) is 27.3 Å². The molecular weight excluding hydrogens is 382 g/mol. The van der Waals surface area contributed by atoms with Crippen molar-refractivity contribution in [1.82, 2.24) is 15.1 Å². The third-order valence-corrected chi connectivity index (χ3v) is 6.73. The third-order valence-electron chi connectivity index (χ3n) is 6.73. The first-order valence-electron chi connectivity index (χ1n) is 10.7. The summed E-state index contributed by atoms with van der Waals surface area (Å²) in [6, 6.07) is 7.81. The van der Waals surface area contributed by atoms with E-state index in [1.165, 1.54) is 0 Å². The number of ether oxygens (including phenoxy) is 2. The number of aromatic nitrogens is 2. The molecule has 2 fully saturated rings. The highest BCUT2D eigenvalue weighted by Gasteiger charge is 2.48. The second kappa shape index (κ2) is 8.30. The van der Waals surface area contributed by atoms with Gasteiger partial charge in [0.15, 0.2) is 11.5 Å². The topological polar surface area (TPSA) is 87.7 Å². The number of aliphatic hydroxyl groups excluding tert-OH is 1. The molecule has 1 aliphatic carbocycles. The highest BCUT2D eigenvalue weighted by molar-refractivity contribution is 5.89. The fourth-order valence-electron chi connectivity index (χ4n) is 5.11. The van der Waals surface area contributed by atoms with E-state index in [9.17, 15) is 9.90 Å². The molecule has 162 valence electrons. The molecule has 1 amide bonds. The van der Waals surface area contributed by atoms with Crippen LogP contribution >= 0.6 is 0 Å². The first kappa shape index (κ1) is 20.7. The number of β-amino-alcohol motifs (C(OH)–C–C–N with tert-alkyl or cyclic N) is 1. The maximum Gasteiger partial charge on any atom is 0.233 e. The Morgan fingerprint density at radius 1 is 1.20 bits per heavy atom. The number of hydrogen-bond acceptors (Lipinski definition) is 5. The van der Waals surface area contributed by atoms with Gasteiger partial charge in [-0.25, -0.2) is 0 Å². The summed E-state index contributed by atoms with van der Waals surface area (Å²) in [5.74, 6) is 1.42. The Bertz CT molecular complexity index is 904. The molecule has 7 nitrogen and oxygen atoms in total. The molecule has 1 aromatic carbocycles. The fourth-order valence-corrected chi connectivity index (χ4v) is 5.11. The van der Waals surface area contributed by atoms with Crippen LogP contribution in [0, 0.1) is 12.8 Å². The quantitative estimate of drug-likeness (QED) is 0.760. The molecule has 1 aromatic heterocycles. The molecule has 2 aliphatic rings. The number of likely N-dealkylation sites (tertiary alicyclic amines) is 1. The minimum absolute atomic E-state index is 0.000469. The number of hydrogen-bond donors (Lipinski definition) is 2. The van der Waals surface area contributed by atoms with Crippen molar-refractivity contribution in [2.45, 2.75) is 50.5 Å². The van der Waals surface area contributed by atoms with E-state index < -0.39 is 11.5 Å². The highest BCUT2D eigenvalue weighted by Crippen LogP contribution is 2.45. The van der Waals surface area contributed by atoms with Crippen molar-refractivity contribution < 1.29 is 19.4 Å². The van der Waals surface area contributed by atoms with Gasteiger partial charge in [0, 0.05) is 24.7 Å². The number of carbonyl (C=O) groups excluding carboxylic acids is 1. The van der Waals surface area contributed by atoms with Crippen molar-refractivity contribution in [2.24, 2.45) is 5.92 Å². The first-order valence-corrected chi connectivity index (χ1v) is 10.7. The number of aliphatic hydroxyl groups is 1. The predicted octanol–water partition coefficient (Wildman–Crippen LogP) is 2.61. The zero-order valence-electron chi connectivity index (χ0n) is 18.0. The van der Waals surface area contributed by atoms with Gasteiger partial charge in [-0.05, 0) is 49.9 Å². The lowest BCUT2D eigenvalue weighted by atomic mass is 9.77. The van der Waals surface area contributed by atoms with Crippen molar-refractivity contribution >= 4 is 5.91 Å². The van der Waals surface area contributed by atoms with Gasteiger partial charge in [-0.15, -0.1) is 0 Å². The van der Waals surface area contributed by atoms with Crippen LogP contribution in [0.1, 0.15) is 42.6 Å². The molecule has 1 saturated carbocycles. The summed E-state index contributed by atoms with van der Waals surface area (Å²) in [6.07, 6.45) is 3.81. The predicted molar refractivity (Wildman–Crippen MR) is 113 cm³/mol. The number of aromatic amines is 1. The molecule has 2 N–H and O–H groups in total. The van der Waals surface area contributed by atoms with Gasteiger partial charge in [0.2, 0.25) is 5.91 Å². The molecular formula is C23H31N3O4. The van der Waals surface area contributed by atoms with E-state index in [1.54, 1.807) is 14.2 Å². The van der Waals surface area contributed by atoms with Crippen LogP contribution in [0.4, 0.5) is 0 Å². The average Bonchev–Trinajstić information content (AvgIpc) is 3.48. The lowest BCUT2D eigenvalue weighted by Crippen LogP contribution is -2.45. The van der Waals surface area contributed by atoms with Crippen LogP contribution in [0.25, 0.3) is 0 Å². The second-order valence-corrected chi connectivity index (χ2v) is 8.64. The molecule has 2 heterocycles. The molecule has 7 heteroatoms. The lowest BCUT2D eigenvalue weighted by molar-refractivity contribution is -0.136. The summed E-state index contributed by atoms with van der Waals surface area (Å²) < 4.78 is 10.9. The number of rotatable bonds is 6. The molecule has 0 bridgehead atoms. The average molecular weight is 414 g/mol. The van der Waals surface area contributed by atoms with Crippen LogP contribution in [-0.2, 0) is 16.6 Å². The van der Waals surface area contributed by atoms with Crippen LogP contribution in [0.15, 0.2) is 24.3 Å². The SMILES string of the molecule is COc1ccc(C2(C(=O)N3C[C@@H](Cc4cc(C)[nH]n4)[C@H](O)C3)CCCC2)cc1OC. The van der Waals surface area contributed by atoms with E-state index in [2.05, 4.69) is 10.2 Å². The maximum atomic E-state index is 13.8. The van der Waals surface area contributed by atoms with Gasteiger partial charge in [-0.3, -0.25) is 9.89 Å². The summed E-state index contributed by atoms with van der Waals surface area (Å²) in [4.78, 5) is 15.7. The number of nitrogens with one attached hydrogen (secondary N) is 1. The minimum atomic E-state index is -0.558. The van der Waals surface area contributed by atoms with E-state index in [4.69, 9.17) is 9.47 Å². The van der Waals surface area contributed by atoms with Crippen LogP contribution in [0.3, 0.4) is 0 Å². The van der Waals surface area contributed by atoms with Gasteiger partial charge in [0.25, 0.3) is 0 Å². The van der Waals surface area contributed by atoms with Crippen molar-refractivity contribution in [3.05, 3.63) is 41.2 Å². The molecule has 2 atom stereocenters. The van der Waals surface area contributed by atoms with Gasteiger partial charge >= 0.3 is 0 Å². The van der Waals surface area contributed by atoms with Gasteiger partial charge in [-0.1, -0.05) is 18.9 Å². The van der Waals surface area contributed by atoms with Crippen molar-refractivity contribution in [3.8, 4) is 11.5 Å². The number of nitrogens with zero attached hydrogens (tertiary/aromatic N) is 2. The Balaban J connectivity index is 1.57. The molecule has 0 radical (unpaired) electrons. The zero-order valence-corrected chi connectivity index (χ0v) is 18.0. The number of methoxy groups -OCH3 is 2. The van der Waals surface area contributed by atoms with Crippen LogP contribution in [0.2, 0.25) is 0 Å². The summed E-state index contributed by atoms with van der Waals surface area (Å²) >= 11 is 0. The molecule has 4 rings (SSSR count). The fraction of sp³-hybridized carbons (Fsp3) is 0.565. The Morgan fingerprint density at radius 2 is 1.93 bits per heavy atom. The van der Waals surface area contributed by atoms with E-state index in [0.717, 1.165) is 42.6 Å². The molecule has 1 aliphatic heterocycles. The number of aryl methyl sites for hydroxylation is 1. The molecule has 30 heavy (non-hydrogen) atoms. The van der Waals surface area contributed by atoms with E-state index in [1.807, 2.05) is 36.1 Å². The normalized spacial score (nSPS) is 23.0. The van der Waals surface area contributed by atoms with Gasteiger partial charge in [0.1, 0.15) is 0 Å². The highest BCUT2D eigenvalue weighted by atomic mass is 16.5. The van der Waals surface area contributed by atoms with Crippen LogP contribution < -0.4 is 9.47 Å². The first-order chi connectivity index (χ1) is 14.5. The minimum Gasteiger partial charge on any atom is -0.493 e. The Kier molecular flexibility index (Phi) is 5.73. The van der Waals surface area contributed by atoms with Crippen molar-refractivity contribution in [3.63, 3.8) is 0 Å². The van der Waals surface area contributed by atoms with Gasteiger partial charge in [0.05, 0.1) is 31.4 Å². The van der Waals surface area contributed by atoms with Crippen LogP contribution in [-0.4, -0.2) is 59.5 Å². The van der Waals surface area contributed by atoms with E-state index >= 15 is 0 Å². The zero-order chi connectivity index (χ0) is 21.3. The third kappa shape index (κ3) is 3.67. The van der Waals surface area contributed by atoms with E-state index in [0.29, 0.717) is 31.0 Å². The lowest BCUT2D eigenvalue weighted by Gasteiger charge is -2.33. The molecule has 1 saturated heterocycles. The molecule has 0 spiro atoms. The number of benzene rings is 1. The molecule has 0 unspecified atom stereocenters. The largest absolute Gasteiger partial charge is 0.493 e. The number of amides is 1.